The molecular formula is C25H26N6O4S. The lowest BCUT2D eigenvalue weighted by Gasteiger charge is -2.08. The van der Waals surface area contributed by atoms with E-state index in [9.17, 15) is 18.0 Å². The van der Waals surface area contributed by atoms with Crippen LogP contribution in [-0.2, 0) is 21.2 Å². The summed E-state index contributed by atoms with van der Waals surface area (Å²) in [5.41, 5.74) is 2.51. The molecule has 0 radical (unpaired) electrons. The Hall–Kier alpha value is -4.09. The van der Waals surface area contributed by atoms with Crippen molar-refractivity contribution in [3.63, 3.8) is 0 Å². The smallest absolute Gasteiger partial charge is 0.274 e. The van der Waals surface area contributed by atoms with Gasteiger partial charge in [0.2, 0.25) is 5.91 Å². The maximum atomic E-state index is 12.9. The van der Waals surface area contributed by atoms with Crippen LogP contribution in [0.4, 0.5) is 5.69 Å². The third kappa shape index (κ3) is 6.12. The van der Waals surface area contributed by atoms with E-state index in [4.69, 9.17) is 0 Å². The van der Waals surface area contributed by atoms with E-state index >= 15 is 0 Å². The van der Waals surface area contributed by atoms with Gasteiger partial charge in [-0.15, -0.1) is 0 Å². The lowest BCUT2D eigenvalue weighted by Crippen LogP contribution is -2.33. The highest BCUT2D eigenvalue weighted by Gasteiger charge is 2.13. The molecule has 0 aliphatic rings. The van der Waals surface area contributed by atoms with Crippen LogP contribution in [0.1, 0.15) is 10.5 Å². The lowest BCUT2D eigenvalue weighted by atomic mass is 10.1. The normalized spacial score (nSPS) is 11.4. The zero-order valence-corrected chi connectivity index (χ0v) is 20.7. The van der Waals surface area contributed by atoms with Crippen LogP contribution in [0.15, 0.2) is 71.8 Å². The minimum Gasteiger partial charge on any atom is -0.353 e. The van der Waals surface area contributed by atoms with E-state index in [1.54, 1.807) is 59.4 Å². The first-order valence-electron chi connectivity index (χ1n) is 11.2. The summed E-state index contributed by atoms with van der Waals surface area (Å²) in [6, 6.07) is 16.7. The van der Waals surface area contributed by atoms with E-state index in [1.165, 1.54) is 12.1 Å². The van der Waals surface area contributed by atoms with Crippen LogP contribution in [0.5, 0.6) is 0 Å². The van der Waals surface area contributed by atoms with Crippen LogP contribution in [0.3, 0.4) is 0 Å². The van der Waals surface area contributed by atoms with Crippen molar-refractivity contribution in [2.75, 3.05) is 31.7 Å². The van der Waals surface area contributed by atoms with E-state index in [0.717, 1.165) is 11.6 Å². The summed E-state index contributed by atoms with van der Waals surface area (Å²) in [6.45, 7) is 1.31. The van der Waals surface area contributed by atoms with Gasteiger partial charge in [0.05, 0.1) is 16.1 Å². The third-order valence-corrected chi connectivity index (χ3v) is 6.46. The maximum absolute atomic E-state index is 12.9. The number of carbonyl (C=O) groups is 2. The van der Waals surface area contributed by atoms with Crippen LogP contribution in [-0.4, -0.2) is 61.4 Å². The highest BCUT2D eigenvalue weighted by molar-refractivity contribution is 7.90. The zero-order chi connectivity index (χ0) is 25.7. The molecule has 3 N–H and O–H groups in total. The van der Waals surface area contributed by atoms with Gasteiger partial charge in [0.25, 0.3) is 5.91 Å². The van der Waals surface area contributed by atoms with E-state index in [1.807, 2.05) is 7.05 Å². The second kappa shape index (κ2) is 10.7. The number of sulfone groups is 1. The summed E-state index contributed by atoms with van der Waals surface area (Å²) in [6.07, 6.45) is 2.89. The number of carbonyl (C=O) groups excluding carboxylic acids is 2. The summed E-state index contributed by atoms with van der Waals surface area (Å²) in [5.74, 6) is -0.550. The van der Waals surface area contributed by atoms with Crippen molar-refractivity contribution in [2.45, 2.75) is 11.4 Å². The molecule has 10 nitrogen and oxygen atoms in total. The SMILES string of the molecule is CNCCNC(=O)Cn1cc2cc(NC(=O)c3cccc(-c4cccc(S(C)(=O)=O)c4)n3)ccc2n1. The Morgan fingerprint density at radius 2 is 1.81 bits per heavy atom. The van der Waals surface area contributed by atoms with Gasteiger partial charge < -0.3 is 16.0 Å². The summed E-state index contributed by atoms with van der Waals surface area (Å²) >= 11 is 0. The molecule has 0 saturated carbocycles. The number of aromatic nitrogens is 3. The standard InChI is InChI=1S/C25H26N6O4S/c1-26-11-12-27-24(32)16-31-15-18-13-19(9-10-22(18)30-31)28-25(33)23-8-4-7-21(29-23)17-5-3-6-20(14-17)36(2,34)35/h3-10,13-15,26H,11-12,16H2,1-2H3,(H,27,32)(H,28,33). The fourth-order valence-electron chi connectivity index (χ4n) is 3.57. The molecule has 0 saturated heterocycles. The van der Waals surface area contributed by atoms with E-state index in [0.29, 0.717) is 35.6 Å². The van der Waals surface area contributed by atoms with E-state index < -0.39 is 15.7 Å². The number of benzene rings is 2. The highest BCUT2D eigenvalue weighted by Crippen LogP contribution is 2.22. The molecular weight excluding hydrogens is 480 g/mol. The van der Waals surface area contributed by atoms with Gasteiger partial charge in [-0.2, -0.15) is 5.10 Å². The highest BCUT2D eigenvalue weighted by atomic mass is 32.2. The number of nitrogens with zero attached hydrogens (tertiary/aromatic N) is 3. The van der Waals surface area contributed by atoms with Crippen molar-refractivity contribution < 1.29 is 18.0 Å². The number of amides is 2. The number of nitrogens with one attached hydrogen (secondary N) is 3. The van der Waals surface area contributed by atoms with Gasteiger partial charge in [-0.3, -0.25) is 14.3 Å². The van der Waals surface area contributed by atoms with Crippen LogP contribution in [0.2, 0.25) is 0 Å². The van der Waals surface area contributed by atoms with Crippen molar-refractivity contribution in [1.29, 1.82) is 0 Å². The van der Waals surface area contributed by atoms with E-state index in [2.05, 4.69) is 26.0 Å². The van der Waals surface area contributed by atoms with Crippen LogP contribution in [0.25, 0.3) is 22.2 Å². The second-order valence-corrected chi connectivity index (χ2v) is 10.2. The third-order valence-electron chi connectivity index (χ3n) is 5.35. The van der Waals surface area contributed by atoms with Crippen molar-refractivity contribution in [1.82, 2.24) is 25.4 Å². The summed E-state index contributed by atoms with van der Waals surface area (Å²) in [4.78, 5) is 29.5. The summed E-state index contributed by atoms with van der Waals surface area (Å²) < 4.78 is 25.3. The van der Waals surface area contributed by atoms with E-state index in [-0.39, 0.29) is 23.0 Å². The number of pyridine rings is 1. The molecule has 2 amide bonds. The first-order chi connectivity index (χ1) is 17.2. The molecule has 0 bridgehead atoms. The van der Waals surface area contributed by atoms with Gasteiger partial charge in [-0.1, -0.05) is 18.2 Å². The number of anilines is 1. The molecule has 0 aliphatic heterocycles. The second-order valence-electron chi connectivity index (χ2n) is 8.22. The first kappa shape index (κ1) is 25.0. The molecule has 0 unspecified atom stereocenters. The van der Waals surface area contributed by atoms with Crippen molar-refractivity contribution in [2.24, 2.45) is 0 Å². The average molecular weight is 507 g/mol. The molecule has 0 atom stereocenters. The van der Waals surface area contributed by atoms with Crippen LogP contribution >= 0.6 is 0 Å². The zero-order valence-electron chi connectivity index (χ0n) is 19.9. The fourth-order valence-corrected chi connectivity index (χ4v) is 4.24. The molecule has 2 aromatic heterocycles. The monoisotopic (exact) mass is 506 g/mol. The Morgan fingerprint density at radius 3 is 2.58 bits per heavy atom. The molecule has 36 heavy (non-hydrogen) atoms. The van der Waals surface area contributed by atoms with Gasteiger partial charge in [0.1, 0.15) is 12.2 Å². The first-order valence-corrected chi connectivity index (χ1v) is 13.1. The minimum atomic E-state index is -3.37. The van der Waals surface area contributed by atoms with Gasteiger partial charge in [0, 0.05) is 42.2 Å². The lowest BCUT2D eigenvalue weighted by molar-refractivity contribution is -0.121. The molecule has 0 fully saturated rings. The van der Waals surface area contributed by atoms with Crippen LogP contribution in [0, 0.1) is 0 Å². The quantitative estimate of drug-likeness (QED) is 0.296. The number of hydrogen-bond acceptors (Lipinski definition) is 7. The Morgan fingerprint density at radius 1 is 1.00 bits per heavy atom. The fraction of sp³-hybridized carbons (Fsp3) is 0.200. The molecule has 0 aliphatic carbocycles. The predicted molar refractivity (Wildman–Crippen MR) is 137 cm³/mol. The number of hydrogen-bond donors (Lipinski definition) is 3. The van der Waals surface area contributed by atoms with Gasteiger partial charge in [0.15, 0.2) is 9.84 Å². The molecule has 0 spiro atoms. The summed E-state index contributed by atoms with van der Waals surface area (Å²) in [7, 11) is -1.55. The molecule has 186 valence electrons. The number of fused-ring (bicyclic) bond motifs is 1. The molecule has 2 aromatic carbocycles. The topological polar surface area (TPSA) is 135 Å². The minimum absolute atomic E-state index is 0.0946. The molecule has 4 aromatic rings. The maximum Gasteiger partial charge on any atom is 0.274 e. The Labute approximate surface area is 208 Å². The van der Waals surface area contributed by atoms with Gasteiger partial charge >= 0.3 is 0 Å². The van der Waals surface area contributed by atoms with Crippen LogP contribution < -0.4 is 16.0 Å². The van der Waals surface area contributed by atoms with Crippen molar-refractivity contribution in [3.8, 4) is 11.3 Å². The number of likely N-dealkylation sites (N-methyl/N-ethyl adjacent to an activating group) is 1. The van der Waals surface area contributed by atoms with Crippen molar-refractivity contribution >= 4 is 38.2 Å². The van der Waals surface area contributed by atoms with Crippen molar-refractivity contribution in [3.05, 3.63) is 72.6 Å². The van der Waals surface area contributed by atoms with Gasteiger partial charge in [-0.05, 0) is 49.5 Å². The predicted octanol–water partition coefficient (Wildman–Crippen LogP) is 2.09. The Bertz CT molecular complexity index is 1530. The average Bonchev–Trinajstić information content (AvgIpc) is 3.25. The number of rotatable bonds is 9. The largest absolute Gasteiger partial charge is 0.353 e. The molecule has 11 heteroatoms. The molecule has 4 rings (SSSR count). The Balaban J connectivity index is 1.48. The summed E-state index contributed by atoms with van der Waals surface area (Å²) in [5, 5.41) is 13.8. The Kier molecular flexibility index (Phi) is 7.41. The van der Waals surface area contributed by atoms with Gasteiger partial charge in [-0.25, -0.2) is 13.4 Å². The molecule has 2 heterocycles.